The van der Waals surface area contributed by atoms with E-state index >= 15 is 0 Å². The van der Waals surface area contributed by atoms with Crippen molar-refractivity contribution in [3.05, 3.63) is 96.9 Å². The fourth-order valence-corrected chi connectivity index (χ4v) is 4.02. The number of fused-ring (bicyclic) bond motifs is 1. The fourth-order valence-electron chi connectivity index (χ4n) is 3.66. The van der Waals surface area contributed by atoms with E-state index in [1.807, 2.05) is 18.2 Å². The van der Waals surface area contributed by atoms with E-state index in [9.17, 15) is 20.0 Å². The number of ketones is 1. The van der Waals surface area contributed by atoms with E-state index in [1.54, 1.807) is 43.3 Å². The molecule has 0 aliphatic heterocycles. The molecule has 2 heterocycles. The van der Waals surface area contributed by atoms with Crippen molar-refractivity contribution in [3.63, 3.8) is 0 Å². The molecule has 0 aliphatic carbocycles. The van der Waals surface area contributed by atoms with Crippen LogP contribution in [-0.4, -0.2) is 15.5 Å². The second kappa shape index (κ2) is 7.89. The van der Waals surface area contributed by atoms with Gasteiger partial charge in [0.25, 0.3) is 5.56 Å². The smallest absolute Gasteiger partial charge is 0.271 e. The number of furan rings is 1. The first-order valence-electron chi connectivity index (χ1n) is 9.47. The van der Waals surface area contributed by atoms with Crippen LogP contribution in [0.15, 0.2) is 62.2 Å². The van der Waals surface area contributed by atoms with E-state index in [4.69, 9.17) is 4.42 Å². The predicted molar refractivity (Wildman–Crippen MR) is 119 cm³/mol. The maximum absolute atomic E-state index is 13.5. The van der Waals surface area contributed by atoms with Crippen LogP contribution in [-0.2, 0) is 6.54 Å². The van der Waals surface area contributed by atoms with Crippen LogP contribution >= 0.6 is 15.9 Å². The van der Waals surface area contributed by atoms with Gasteiger partial charge in [0.2, 0.25) is 11.7 Å². The molecule has 0 spiro atoms. The van der Waals surface area contributed by atoms with E-state index in [0.717, 1.165) is 20.0 Å². The average Bonchev–Trinajstić information content (AvgIpc) is 3.08. The zero-order valence-corrected chi connectivity index (χ0v) is 18.4. The van der Waals surface area contributed by atoms with Crippen molar-refractivity contribution >= 4 is 32.7 Å². The van der Waals surface area contributed by atoms with E-state index in [2.05, 4.69) is 15.9 Å². The largest absolute Gasteiger partial charge is 0.494 e. The second-order valence-electron chi connectivity index (χ2n) is 7.21. The summed E-state index contributed by atoms with van der Waals surface area (Å²) in [4.78, 5) is 26.3. The van der Waals surface area contributed by atoms with Crippen molar-refractivity contribution in [2.24, 2.45) is 0 Å². The number of aromatic nitrogens is 1. The van der Waals surface area contributed by atoms with Gasteiger partial charge in [-0.1, -0.05) is 46.3 Å². The third-order valence-electron chi connectivity index (χ3n) is 5.32. The Morgan fingerprint density at radius 3 is 2.55 bits per heavy atom. The van der Waals surface area contributed by atoms with Gasteiger partial charge in [0, 0.05) is 15.4 Å². The molecule has 154 valence electrons. The molecule has 0 saturated heterocycles. The number of pyridine rings is 1. The number of hydrogen-bond donors (Lipinski definition) is 1. The van der Waals surface area contributed by atoms with Crippen LogP contribution in [0.2, 0.25) is 0 Å². The summed E-state index contributed by atoms with van der Waals surface area (Å²) in [6.07, 6.45) is 0. The number of aryl methyl sites for hydroxylation is 1. The zero-order valence-electron chi connectivity index (χ0n) is 16.8. The van der Waals surface area contributed by atoms with Crippen molar-refractivity contribution in [1.29, 1.82) is 5.26 Å². The van der Waals surface area contributed by atoms with Crippen LogP contribution in [0.25, 0.3) is 11.0 Å². The van der Waals surface area contributed by atoms with Crippen LogP contribution in [0.4, 0.5) is 0 Å². The molecular formula is C24H17BrN2O4. The molecule has 0 unspecified atom stereocenters. The predicted octanol–water partition coefficient (Wildman–Crippen LogP) is 4.83. The van der Waals surface area contributed by atoms with Gasteiger partial charge in [-0.05, 0) is 43.2 Å². The van der Waals surface area contributed by atoms with E-state index in [0.29, 0.717) is 11.1 Å². The minimum Gasteiger partial charge on any atom is -0.494 e. The van der Waals surface area contributed by atoms with Gasteiger partial charge in [-0.15, -0.1) is 0 Å². The van der Waals surface area contributed by atoms with Gasteiger partial charge in [-0.2, -0.15) is 5.26 Å². The number of carbonyl (C=O) groups excluding carboxylic acids is 1. The Hall–Kier alpha value is -3.63. The van der Waals surface area contributed by atoms with Crippen molar-refractivity contribution in [2.75, 3.05) is 0 Å². The molecule has 0 fully saturated rings. The van der Waals surface area contributed by atoms with Gasteiger partial charge in [0.1, 0.15) is 17.2 Å². The molecule has 1 N–H and O–H groups in total. The highest BCUT2D eigenvalue weighted by molar-refractivity contribution is 9.10. The molecule has 31 heavy (non-hydrogen) atoms. The minimum absolute atomic E-state index is 0.0206. The molecular weight excluding hydrogens is 460 g/mol. The number of benzene rings is 2. The fraction of sp³-hybridized carbons (Fsp3) is 0.125. The number of nitrogens with zero attached hydrogens (tertiary/aromatic N) is 2. The SMILES string of the molecule is Cc1c(C(=O)c2oc3ccc(Br)cc3c2C)c(O)n(Cc2ccccc2)c(=O)c1C#N. The third kappa shape index (κ3) is 3.45. The summed E-state index contributed by atoms with van der Waals surface area (Å²) in [7, 11) is 0. The first kappa shape index (κ1) is 20.6. The molecule has 0 atom stereocenters. The summed E-state index contributed by atoms with van der Waals surface area (Å²) in [6, 6.07) is 16.3. The Balaban J connectivity index is 1.93. The van der Waals surface area contributed by atoms with E-state index < -0.39 is 17.2 Å². The molecule has 0 bridgehead atoms. The van der Waals surface area contributed by atoms with Crippen molar-refractivity contribution < 1.29 is 14.3 Å². The maximum atomic E-state index is 13.5. The molecule has 2 aromatic carbocycles. The summed E-state index contributed by atoms with van der Waals surface area (Å²) in [5.41, 5.74) is 1.06. The quantitative estimate of drug-likeness (QED) is 0.425. The van der Waals surface area contributed by atoms with Crippen molar-refractivity contribution in [1.82, 2.24) is 4.57 Å². The van der Waals surface area contributed by atoms with Crippen LogP contribution in [0.3, 0.4) is 0 Å². The number of hydrogen-bond acceptors (Lipinski definition) is 5. The van der Waals surface area contributed by atoms with Gasteiger partial charge in [-0.3, -0.25) is 14.2 Å². The minimum atomic E-state index is -0.650. The van der Waals surface area contributed by atoms with Gasteiger partial charge in [0.15, 0.2) is 5.76 Å². The zero-order chi connectivity index (χ0) is 22.3. The standard InChI is InChI=1S/C24H17BrN2O4/c1-13-18(11-26)23(29)27(12-15-6-4-3-5-7-15)24(30)20(13)21(28)22-14(2)17-10-16(25)8-9-19(17)31-22/h3-10,30H,12H2,1-2H3. The Bertz CT molecular complexity index is 1440. The van der Waals surface area contributed by atoms with Gasteiger partial charge in [-0.25, -0.2) is 0 Å². The molecule has 0 radical (unpaired) electrons. The topological polar surface area (TPSA) is 96.2 Å². The van der Waals surface area contributed by atoms with Crippen LogP contribution in [0.1, 0.15) is 38.4 Å². The van der Waals surface area contributed by atoms with Crippen molar-refractivity contribution in [3.8, 4) is 11.9 Å². The average molecular weight is 477 g/mol. The summed E-state index contributed by atoms with van der Waals surface area (Å²) in [5, 5.41) is 21.3. The lowest BCUT2D eigenvalue weighted by Gasteiger charge is -2.15. The number of rotatable bonds is 4. The van der Waals surface area contributed by atoms with Crippen LogP contribution in [0, 0.1) is 25.2 Å². The molecule has 4 aromatic rings. The lowest BCUT2D eigenvalue weighted by atomic mass is 9.98. The number of halogens is 1. The summed E-state index contributed by atoms with van der Waals surface area (Å²) in [5.74, 6) is -1.02. The summed E-state index contributed by atoms with van der Waals surface area (Å²) in [6.45, 7) is 3.25. The van der Waals surface area contributed by atoms with Crippen LogP contribution < -0.4 is 5.56 Å². The summed E-state index contributed by atoms with van der Waals surface area (Å²) >= 11 is 3.41. The molecule has 0 aliphatic rings. The van der Waals surface area contributed by atoms with Gasteiger partial charge in [0.05, 0.1) is 12.1 Å². The lowest BCUT2D eigenvalue weighted by Crippen LogP contribution is -2.27. The first-order valence-corrected chi connectivity index (χ1v) is 10.3. The van der Waals surface area contributed by atoms with Crippen LogP contribution in [0.5, 0.6) is 5.88 Å². The van der Waals surface area contributed by atoms with Crippen molar-refractivity contribution in [2.45, 2.75) is 20.4 Å². The maximum Gasteiger partial charge on any atom is 0.271 e. The third-order valence-corrected chi connectivity index (χ3v) is 5.81. The number of aromatic hydroxyl groups is 1. The van der Waals surface area contributed by atoms with Gasteiger partial charge < -0.3 is 9.52 Å². The Morgan fingerprint density at radius 1 is 1.16 bits per heavy atom. The van der Waals surface area contributed by atoms with E-state index in [1.165, 1.54) is 6.92 Å². The van der Waals surface area contributed by atoms with E-state index in [-0.39, 0.29) is 29.0 Å². The highest BCUT2D eigenvalue weighted by Crippen LogP contribution is 2.32. The number of nitriles is 1. The Labute approximate surface area is 186 Å². The molecule has 0 saturated carbocycles. The molecule has 4 rings (SSSR count). The summed E-state index contributed by atoms with van der Waals surface area (Å²) < 4.78 is 7.67. The highest BCUT2D eigenvalue weighted by atomic mass is 79.9. The monoisotopic (exact) mass is 476 g/mol. The highest BCUT2D eigenvalue weighted by Gasteiger charge is 2.28. The second-order valence-corrected chi connectivity index (χ2v) is 8.13. The first-order chi connectivity index (χ1) is 14.8. The molecule has 2 aromatic heterocycles. The van der Waals surface area contributed by atoms with Gasteiger partial charge >= 0.3 is 0 Å². The molecule has 7 heteroatoms. The normalized spacial score (nSPS) is 10.9. The molecule has 0 amide bonds. The Morgan fingerprint density at radius 2 is 1.87 bits per heavy atom. The number of carbonyl (C=O) groups is 1. The Kier molecular flexibility index (Phi) is 5.25. The lowest BCUT2D eigenvalue weighted by molar-refractivity contribution is 0.101. The molecule has 6 nitrogen and oxygen atoms in total.